The molecule has 2 atom stereocenters. The number of imidazole rings is 1. The zero-order valence-corrected chi connectivity index (χ0v) is 17.1. The summed E-state index contributed by atoms with van der Waals surface area (Å²) in [5, 5.41) is 9.15. The highest BCUT2D eigenvalue weighted by Gasteiger charge is 2.47. The van der Waals surface area contributed by atoms with Crippen LogP contribution in [-0.2, 0) is 17.8 Å². The van der Waals surface area contributed by atoms with Crippen molar-refractivity contribution < 1.29 is 13.9 Å². The summed E-state index contributed by atoms with van der Waals surface area (Å²) in [6, 6.07) is 14.7. The molecule has 1 aliphatic heterocycles. The van der Waals surface area contributed by atoms with Crippen molar-refractivity contribution in [1.29, 1.82) is 5.26 Å². The molecule has 0 unspecified atom stereocenters. The fourth-order valence-corrected chi connectivity index (χ4v) is 5.04. The molecule has 2 heterocycles. The van der Waals surface area contributed by atoms with Crippen LogP contribution in [0.25, 0.3) is 11.0 Å². The molecule has 0 N–H and O–H groups in total. The molecule has 2 aromatic carbocycles. The van der Waals surface area contributed by atoms with E-state index in [4.69, 9.17) is 10.00 Å². The van der Waals surface area contributed by atoms with E-state index in [-0.39, 0.29) is 11.7 Å². The molecule has 6 nitrogen and oxygen atoms in total. The lowest BCUT2D eigenvalue weighted by atomic mass is 9.78. The average Bonchev–Trinajstić information content (AvgIpc) is 3.28. The second kappa shape index (κ2) is 7.69. The Hall–Kier alpha value is -3.40. The molecule has 2 fully saturated rings. The zero-order valence-electron chi connectivity index (χ0n) is 17.1. The highest BCUT2D eigenvalue weighted by molar-refractivity contribution is 5.77. The summed E-state index contributed by atoms with van der Waals surface area (Å²) in [5.74, 6) is -0.237. The van der Waals surface area contributed by atoms with Crippen LogP contribution in [0.2, 0.25) is 0 Å². The lowest BCUT2D eigenvalue weighted by molar-refractivity contribution is 0.00415. The largest absolute Gasteiger partial charge is 0.441 e. The lowest BCUT2D eigenvalue weighted by Crippen LogP contribution is -2.40. The highest BCUT2D eigenvalue weighted by atomic mass is 19.1. The zero-order chi connectivity index (χ0) is 21.4. The van der Waals surface area contributed by atoms with E-state index in [1.807, 2.05) is 41.0 Å². The molecule has 1 amide bonds. The van der Waals surface area contributed by atoms with E-state index in [1.165, 1.54) is 6.07 Å². The molecule has 1 saturated carbocycles. The Bertz CT molecular complexity index is 1170. The standard InChI is InChI=1S/C24H23FN4O2/c25-20-10-21-22(9-19(20)12-26)29(16-27-21)14-18-7-4-8-24(11-18)15-28(23(30)31-24)13-17-5-2-1-3-6-17/h1-3,5-6,9-10,16,18H,4,7-8,11,13-15H2/t18-,24-/m0/s1. The minimum absolute atomic E-state index is 0.0237. The normalized spacial score (nSPS) is 23.3. The third-order valence-corrected chi connectivity index (χ3v) is 6.45. The Balaban J connectivity index is 1.31. The van der Waals surface area contributed by atoms with Gasteiger partial charge in [-0.1, -0.05) is 30.3 Å². The number of fused-ring (bicyclic) bond motifs is 1. The van der Waals surface area contributed by atoms with Crippen molar-refractivity contribution in [1.82, 2.24) is 14.5 Å². The quantitative estimate of drug-likeness (QED) is 0.619. The molecule has 2 aliphatic rings. The summed E-state index contributed by atoms with van der Waals surface area (Å²) in [4.78, 5) is 18.7. The van der Waals surface area contributed by atoms with E-state index in [1.54, 1.807) is 17.3 Å². The molecule has 1 aliphatic carbocycles. The molecule has 7 heteroatoms. The van der Waals surface area contributed by atoms with E-state index in [0.717, 1.165) is 36.8 Å². The first-order chi connectivity index (χ1) is 15.0. The van der Waals surface area contributed by atoms with Gasteiger partial charge in [-0.05, 0) is 43.2 Å². The van der Waals surface area contributed by atoms with Crippen molar-refractivity contribution in [3.8, 4) is 6.07 Å². The number of benzene rings is 2. The van der Waals surface area contributed by atoms with Crippen molar-refractivity contribution in [2.75, 3.05) is 6.54 Å². The van der Waals surface area contributed by atoms with E-state index < -0.39 is 11.4 Å². The predicted octanol–water partition coefficient (Wildman–Crippen LogP) is 4.63. The van der Waals surface area contributed by atoms with Gasteiger partial charge in [-0.2, -0.15) is 5.26 Å². The van der Waals surface area contributed by atoms with Crippen molar-refractivity contribution in [2.24, 2.45) is 5.92 Å². The Morgan fingerprint density at radius 1 is 1.29 bits per heavy atom. The van der Waals surface area contributed by atoms with Crippen LogP contribution in [0.1, 0.15) is 36.8 Å². The molecule has 1 saturated heterocycles. The van der Waals surface area contributed by atoms with Crippen LogP contribution in [0, 0.1) is 23.1 Å². The van der Waals surface area contributed by atoms with Crippen LogP contribution in [0.3, 0.4) is 0 Å². The maximum atomic E-state index is 13.9. The van der Waals surface area contributed by atoms with Crippen molar-refractivity contribution in [2.45, 2.75) is 44.4 Å². The van der Waals surface area contributed by atoms with Gasteiger partial charge in [-0.3, -0.25) is 4.90 Å². The van der Waals surface area contributed by atoms with E-state index in [0.29, 0.717) is 31.1 Å². The van der Waals surface area contributed by atoms with Crippen molar-refractivity contribution in [3.05, 3.63) is 65.7 Å². The second-order valence-corrected chi connectivity index (χ2v) is 8.68. The lowest BCUT2D eigenvalue weighted by Gasteiger charge is -2.36. The fourth-order valence-electron chi connectivity index (χ4n) is 5.04. The van der Waals surface area contributed by atoms with Crippen LogP contribution in [-0.4, -0.2) is 32.7 Å². The molecular weight excluding hydrogens is 395 g/mol. The summed E-state index contributed by atoms with van der Waals surface area (Å²) in [6.07, 6.45) is 5.14. The number of carbonyl (C=O) groups excluding carboxylic acids is 1. The van der Waals surface area contributed by atoms with Crippen LogP contribution in [0.4, 0.5) is 9.18 Å². The van der Waals surface area contributed by atoms with Crippen LogP contribution in [0.15, 0.2) is 48.8 Å². The van der Waals surface area contributed by atoms with Gasteiger partial charge in [0, 0.05) is 19.2 Å². The second-order valence-electron chi connectivity index (χ2n) is 8.68. The van der Waals surface area contributed by atoms with Crippen LogP contribution in [0.5, 0.6) is 0 Å². The smallest absolute Gasteiger partial charge is 0.410 e. The molecule has 1 aromatic heterocycles. The summed E-state index contributed by atoms with van der Waals surface area (Å²) < 4.78 is 21.8. The summed E-state index contributed by atoms with van der Waals surface area (Å²) in [5.41, 5.74) is 1.97. The van der Waals surface area contributed by atoms with Crippen molar-refractivity contribution in [3.63, 3.8) is 0 Å². The molecule has 0 bridgehead atoms. The maximum absolute atomic E-state index is 13.9. The van der Waals surface area contributed by atoms with Gasteiger partial charge in [0.2, 0.25) is 0 Å². The number of ether oxygens (including phenoxy) is 1. The number of carbonyl (C=O) groups is 1. The van der Waals surface area contributed by atoms with Gasteiger partial charge < -0.3 is 9.30 Å². The molecule has 1 spiro atoms. The minimum Gasteiger partial charge on any atom is -0.441 e. The van der Waals surface area contributed by atoms with Gasteiger partial charge in [-0.15, -0.1) is 0 Å². The topological polar surface area (TPSA) is 71.2 Å². The number of nitriles is 1. The number of nitrogens with zero attached hydrogens (tertiary/aromatic N) is 4. The monoisotopic (exact) mass is 418 g/mol. The highest BCUT2D eigenvalue weighted by Crippen LogP contribution is 2.41. The van der Waals surface area contributed by atoms with Crippen LogP contribution >= 0.6 is 0 Å². The number of amides is 1. The molecule has 5 rings (SSSR count). The molecule has 31 heavy (non-hydrogen) atoms. The van der Waals surface area contributed by atoms with Crippen LogP contribution < -0.4 is 0 Å². The minimum atomic E-state index is -0.548. The first-order valence-corrected chi connectivity index (χ1v) is 10.6. The fraction of sp³-hybridized carbons (Fsp3) is 0.375. The van der Waals surface area contributed by atoms with E-state index in [2.05, 4.69) is 4.98 Å². The average molecular weight is 418 g/mol. The number of hydrogen-bond acceptors (Lipinski definition) is 4. The summed E-state index contributed by atoms with van der Waals surface area (Å²) in [6.45, 7) is 1.86. The number of rotatable bonds is 4. The molecule has 0 radical (unpaired) electrons. The maximum Gasteiger partial charge on any atom is 0.410 e. The molecule has 158 valence electrons. The van der Waals surface area contributed by atoms with Gasteiger partial charge in [0.15, 0.2) is 0 Å². The van der Waals surface area contributed by atoms with Gasteiger partial charge >= 0.3 is 6.09 Å². The SMILES string of the molecule is N#Cc1cc2c(cc1F)ncn2C[C@H]1CCC[C@]2(C1)CN(Cc1ccccc1)C(=O)O2. The van der Waals surface area contributed by atoms with Crippen molar-refractivity contribution >= 4 is 17.1 Å². The first-order valence-electron chi connectivity index (χ1n) is 10.6. The van der Waals surface area contributed by atoms with Gasteiger partial charge in [0.25, 0.3) is 0 Å². The molecule has 3 aromatic rings. The van der Waals surface area contributed by atoms with E-state index in [9.17, 15) is 9.18 Å². The number of hydrogen-bond donors (Lipinski definition) is 0. The molecular formula is C24H23FN4O2. The third-order valence-electron chi connectivity index (χ3n) is 6.45. The van der Waals surface area contributed by atoms with Gasteiger partial charge in [0.1, 0.15) is 17.5 Å². The van der Waals surface area contributed by atoms with Gasteiger partial charge in [-0.25, -0.2) is 14.2 Å². The number of halogens is 1. The Morgan fingerprint density at radius 2 is 2.13 bits per heavy atom. The Labute approximate surface area is 179 Å². The van der Waals surface area contributed by atoms with Gasteiger partial charge in [0.05, 0.1) is 29.5 Å². The Morgan fingerprint density at radius 3 is 2.94 bits per heavy atom. The predicted molar refractivity (Wildman–Crippen MR) is 112 cm³/mol. The summed E-state index contributed by atoms with van der Waals surface area (Å²) in [7, 11) is 0. The Kier molecular flexibility index (Phi) is 4.85. The first kappa shape index (κ1) is 19.6. The number of aromatic nitrogens is 2. The van der Waals surface area contributed by atoms with E-state index >= 15 is 0 Å². The summed E-state index contributed by atoms with van der Waals surface area (Å²) >= 11 is 0. The third kappa shape index (κ3) is 3.74.